The number of rotatable bonds is 76. The second-order valence-corrected chi connectivity index (χ2v) is 30.5. The number of hydrogen-bond donors (Lipinski definition) is 1. The first-order valence-electron chi connectivity index (χ1n) is 41.6. The van der Waals surface area contributed by atoms with Crippen molar-refractivity contribution in [3.8, 4) is 0 Å². The van der Waals surface area contributed by atoms with Crippen molar-refractivity contribution in [3.05, 3.63) is 0 Å². The molecule has 0 fully saturated rings. The molecule has 0 spiro atoms. The highest BCUT2D eigenvalue weighted by Gasteiger charge is 2.23. The molecule has 0 rings (SSSR count). The molecule has 7 nitrogen and oxygen atoms in total. The Labute approximate surface area is 581 Å². The molecule has 0 heterocycles. The van der Waals surface area contributed by atoms with Crippen molar-refractivity contribution in [2.45, 2.75) is 465 Å². The molecule has 1 N–H and O–H groups in total. The second kappa shape index (κ2) is 80.1. The summed E-state index contributed by atoms with van der Waals surface area (Å²) in [7, 11) is -2.59. The average molecular weight is 1370 g/mol. The van der Waals surface area contributed by atoms with E-state index in [4.69, 9.17) is 9.42 Å². The fourth-order valence-electron chi connectivity index (χ4n) is 13.4. The maximum atomic E-state index is 13.2. The maximum Gasteiger partial charge on any atom is 0.694 e. The largest absolute Gasteiger partial charge is 0.694 e. The lowest BCUT2D eigenvalue weighted by atomic mass is 10.0. The van der Waals surface area contributed by atoms with Gasteiger partial charge in [-0.2, -0.15) is 0 Å². The third-order valence-electron chi connectivity index (χ3n) is 19.9. The Balaban J connectivity index is 0. The molecule has 3 unspecified atom stereocenters. The van der Waals surface area contributed by atoms with E-state index in [0.29, 0.717) is 12.3 Å². The fourth-order valence-corrected chi connectivity index (χ4v) is 14.4. The number of halogens is 1. The summed E-state index contributed by atoms with van der Waals surface area (Å²) >= 11 is 3.55. The van der Waals surface area contributed by atoms with Crippen LogP contribution in [-0.2, 0) is 18.7 Å². The molecule has 0 aliphatic carbocycles. The number of hydrogen-bond acceptors (Lipinski definition) is 4. The molecule has 0 saturated heterocycles. The summed E-state index contributed by atoms with van der Waals surface area (Å²) in [5, 5.41) is 0.922. The van der Waals surface area contributed by atoms with Gasteiger partial charge < -0.3 is 9.80 Å². The first kappa shape index (κ1) is 92.5. The highest BCUT2D eigenvalue weighted by atomic mass is 79.9. The molecule has 0 aliphatic rings. The average Bonchev–Trinajstić information content (AvgIpc) is 3.72. The van der Waals surface area contributed by atoms with Gasteiger partial charge in [-0.15, -0.1) is 9.42 Å². The van der Waals surface area contributed by atoms with Gasteiger partial charge in [-0.3, -0.25) is 9.59 Å². The van der Waals surface area contributed by atoms with Crippen LogP contribution in [0.3, 0.4) is 0 Å². The van der Waals surface area contributed by atoms with Gasteiger partial charge in [-0.1, -0.05) is 443 Å². The third kappa shape index (κ3) is 73.5. The molecule has 0 bridgehead atoms. The summed E-state index contributed by atoms with van der Waals surface area (Å²) in [6.45, 7) is 17.0. The van der Waals surface area contributed by atoms with Crippen LogP contribution in [-0.4, -0.2) is 64.6 Å². The van der Waals surface area contributed by atoms with Gasteiger partial charge in [0, 0.05) is 47.9 Å². The lowest BCUT2D eigenvalue weighted by Gasteiger charge is -2.26. The van der Waals surface area contributed by atoms with Crippen molar-refractivity contribution in [2.24, 2.45) is 11.8 Å². The van der Waals surface area contributed by atoms with E-state index in [9.17, 15) is 14.2 Å². The van der Waals surface area contributed by atoms with Crippen molar-refractivity contribution in [3.63, 3.8) is 0 Å². The molecule has 0 aromatic carbocycles. The molecular weight excluding hydrogens is 1200 g/mol. The first-order chi connectivity index (χ1) is 44.7. The number of carbonyl (C=O) groups excluding carboxylic acids is 2. The van der Waals surface area contributed by atoms with Gasteiger partial charge in [0.1, 0.15) is 6.61 Å². The predicted octanol–water partition coefficient (Wildman–Crippen LogP) is 28.8. The molecule has 0 saturated carbocycles. The normalized spacial score (nSPS) is 12.3. The zero-order chi connectivity index (χ0) is 66.7. The van der Waals surface area contributed by atoms with Crippen molar-refractivity contribution in [1.29, 1.82) is 0 Å². The summed E-state index contributed by atoms with van der Waals surface area (Å²) in [5.41, 5.74) is 0. The van der Waals surface area contributed by atoms with Crippen LogP contribution in [0.2, 0.25) is 0 Å². The van der Waals surface area contributed by atoms with Gasteiger partial charge >= 0.3 is 8.25 Å². The van der Waals surface area contributed by atoms with E-state index in [1.54, 1.807) is 0 Å². The van der Waals surface area contributed by atoms with Crippen molar-refractivity contribution < 1.29 is 23.6 Å². The van der Waals surface area contributed by atoms with E-state index in [0.717, 1.165) is 50.8 Å². The predicted molar refractivity (Wildman–Crippen MR) is 408 cm³/mol. The third-order valence-corrected chi connectivity index (χ3v) is 20.7. The van der Waals surface area contributed by atoms with Crippen LogP contribution in [0, 0.1) is 11.8 Å². The maximum absolute atomic E-state index is 13.2. The lowest BCUT2D eigenvalue weighted by molar-refractivity contribution is -0.136. The molecule has 91 heavy (non-hydrogen) atoms. The second-order valence-electron chi connectivity index (χ2n) is 29.0. The molecular formula is C82H165BrN2O5P+. The van der Waals surface area contributed by atoms with E-state index in [2.05, 4.69) is 60.3 Å². The topological polar surface area (TPSA) is 87.2 Å². The summed E-state index contributed by atoms with van der Waals surface area (Å²) in [6.07, 6.45) is 89.6. The van der Waals surface area contributed by atoms with Crippen LogP contribution >= 0.6 is 24.2 Å². The monoisotopic (exact) mass is 1370 g/mol. The van der Waals surface area contributed by atoms with Crippen LogP contribution in [0.25, 0.3) is 0 Å². The van der Waals surface area contributed by atoms with Gasteiger partial charge in [0.15, 0.2) is 0 Å². The summed E-state index contributed by atoms with van der Waals surface area (Å²) in [5.74, 6) is 0.554. The van der Waals surface area contributed by atoms with Crippen LogP contribution < -0.4 is 0 Å². The number of amides is 2. The minimum absolute atomic E-state index is 0.150. The molecule has 544 valence electrons. The summed E-state index contributed by atoms with van der Waals surface area (Å²) in [6, 6.07) is 0. The van der Waals surface area contributed by atoms with Gasteiger partial charge in [0.2, 0.25) is 11.8 Å². The SMILES string of the molecule is CCCCCCCCCCCCCCCCCCN(CCCCCCCCCCCCCCCCCC)C(=O)C(C)CCBr.CCCCCCCCCCCCCCCCCCN(CCCCCCCCCCCCCCCCCC)C(=O)C(C)CCO[P+](=O)O. The smallest absolute Gasteiger partial charge is 0.342 e. The Kier molecular flexibility index (Phi) is 81.4. The minimum Gasteiger partial charge on any atom is -0.342 e. The summed E-state index contributed by atoms with van der Waals surface area (Å²) < 4.78 is 15.7. The quantitative estimate of drug-likeness (QED) is 0.0372. The first-order valence-corrected chi connectivity index (χ1v) is 43.9. The fraction of sp³-hybridized carbons (Fsp3) is 0.976. The van der Waals surface area contributed by atoms with Gasteiger partial charge in [-0.25, -0.2) is 0 Å². The van der Waals surface area contributed by atoms with Crippen LogP contribution in [0.4, 0.5) is 0 Å². The number of unbranched alkanes of at least 4 members (excludes halogenated alkanes) is 60. The number of carbonyl (C=O) groups is 2. The van der Waals surface area contributed by atoms with Crippen molar-refractivity contribution >= 4 is 36.0 Å². The van der Waals surface area contributed by atoms with Crippen LogP contribution in [0.15, 0.2) is 0 Å². The molecule has 0 radical (unpaired) electrons. The standard InChI is InChI=1S/C41H82BrNO.C41H82NO4P/c1-4-6-8-10-12-14-16-18-20-22-24-26-28-30-32-34-38-43(41(44)40(3)36-37-42)39-35-33-31-29-27-25-23-21-19-17-15-13-11-9-7-5-2;1-4-6-8-10-12-14-16-18-20-22-24-26-28-30-32-34-37-42(41(43)40(3)36-39-46-47(44)45)38-35-33-31-29-27-25-23-21-19-17-15-13-11-9-7-5-2/h40H,4-39H2,1-3H3;40H,4-39H2,1-3H3/p+1. The Morgan fingerprint density at radius 1 is 0.297 bits per heavy atom. The van der Waals surface area contributed by atoms with E-state index in [-0.39, 0.29) is 24.3 Å². The highest BCUT2D eigenvalue weighted by molar-refractivity contribution is 9.09. The van der Waals surface area contributed by atoms with E-state index >= 15 is 0 Å². The molecule has 0 aromatic heterocycles. The molecule has 0 aliphatic heterocycles. The van der Waals surface area contributed by atoms with Gasteiger partial charge in [0.05, 0.1) is 0 Å². The Bertz CT molecular complexity index is 1350. The molecule has 3 atom stereocenters. The van der Waals surface area contributed by atoms with E-state index < -0.39 is 8.25 Å². The van der Waals surface area contributed by atoms with Gasteiger partial charge in [-0.05, 0) is 38.5 Å². The molecule has 0 aromatic rings. The zero-order valence-electron chi connectivity index (χ0n) is 62.9. The zero-order valence-corrected chi connectivity index (χ0v) is 65.3. The Morgan fingerprint density at radius 3 is 0.604 bits per heavy atom. The molecule has 9 heteroatoms. The van der Waals surface area contributed by atoms with Crippen LogP contribution in [0.1, 0.15) is 465 Å². The van der Waals surface area contributed by atoms with E-state index in [1.165, 1.54) is 398 Å². The van der Waals surface area contributed by atoms with Crippen molar-refractivity contribution in [2.75, 3.05) is 38.1 Å². The Hall–Kier alpha value is -0.560. The summed E-state index contributed by atoms with van der Waals surface area (Å²) in [4.78, 5) is 39.6. The highest BCUT2D eigenvalue weighted by Crippen LogP contribution is 2.22. The minimum atomic E-state index is -2.59. The van der Waals surface area contributed by atoms with Crippen LogP contribution in [0.5, 0.6) is 0 Å². The Morgan fingerprint density at radius 2 is 0.451 bits per heavy atom. The lowest BCUT2D eigenvalue weighted by Crippen LogP contribution is -2.37. The number of nitrogens with zero attached hydrogens (tertiary/aromatic N) is 2. The van der Waals surface area contributed by atoms with E-state index in [1.807, 2.05) is 6.92 Å². The number of alkyl halides is 1. The molecule has 2 amide bonds. The van der Waals surface area contributed by atoms with Gasteiger partial charge in [0.25, 0.3) is 0 Å². The van der Waals surface area contributed by atoms with Crippen molar-refractivity contribution in [1.82, 2.24) is 9.80 Å².